The van der Waals surface area contributed by atoms with Gasteiger partial charge in [0.1, 0.15) is 5.82 Å². The van der Waals surface area contributed by atoms with Crippen molar-refractivity contribution in [2.75, 3.05) is 19.7 Å². The molecule has 2 aliphatic rings. The number of fused-ring (bicyclic) bond motifs is 1. The second-order valence-corrected chi connectivity index (χ2v) is 7.16. The van der Waals surface area contributed by atoms with Gasteiger partial charge in [-0.15, -0.1) is 0 Å². The van der Waals surface area contributed by atoms with E-state index in [0.717, 1.165) is 42.0 Å². The molecule has 0 saturated carbocycles. The molecule has 1 atom stereocenters. The number of benzene rings is 1. The third-order valence-corrected chi connectivity index (χ3v) is 5.29. The summed E-state index contributed by atoms with van der Waals surface area (Å²) >= 11 is 0. The number of ether oxygens (including phenoxy) is 1. The number of nitrogens with zero attached hydrogens (tertiary/aromatic N) is 3. The summed E-state index contributed by atoms with van der Waals surface area (Å²) in [6, 6.07) is 7.98. The first-order valence-electron chi connectivity index (χ1n) is 9.78. The first-order valence-corrected chi connectivity index (χ1v) is 9.78. The number of amides is 1. The number of hydrogen-bond donors (Lipinski definition) is 1. The molecule has 0 radical (unpaired) electrons. The number of nitrogens with one attached hydrogen (secondary N) is 1. The van der Waals surface area contributed by atoms with Crippen molar-refractivity contribution >= 4 is 5.91 Å². The van der Waals surface area contributed by atoms with Gasteiger partial charge in [-0.05, 0) is 44.0 Å². The van der Waals surface area contributed by atoms with Gasteiger partial charge in [0.15, 0.2) is 0 Å². The second kappa shape index (κ2) is 8.15. The predicted octanol–water partition coefficient (Wildman–Crippen LogP) is 2.64. The highest BCUT2D eigenvalue weighted by Gasteiger charge is 2.25. The van der Waals surface area contributed by atoms with E-state index in [1.54, 1.807) is 0 Å². The minimum absolute atomic E-state index is 0.0603. The summed E-state index contributed by atoms with van der Waals surface area (Å²) in [5.74, 6) is 0.959. The Morgan fingerprint density at radius 2 is 2.19 bits per heavy atom. The Labute approximate surface area is 160 Å². The summed E-state index contributed by atoms with van der Waals surface area (Å²) < 4.78 is 5.41. The van der Waals surface area contributed by atoms with Crippen LogP contribution in [0.25, 0.3) is 0 Å². The van der Waals surface area contributed by atoms with E-state index in [0.29, 0.717) is 31.9 Å². The van der Waals surface area contributed by atoms with Crippen molar-refractivity contribution in [1.29, 1.82) is 0 Å². The highest BCUT2D eigenvalue weighted by atomic mass is 16.5. The molecule has 1 amide bonds. The average molecular weight is 366 g/mol. The number of hydrogen-bond acceptors (Lipinski definition) is 5. The lowest BCUT2D eigenvalue weighted by Gasteiger charge is -2.28. The minimum Gasteiger partial charge on any atom is -0.377 e. The molecule has 2 aromatic rings. The molecule has 0 aliphatic carbocycles. The van der Waals surface area contributed by atoms with E-state index in [1.807, 2.05) is 42.3 Å². The largest absolute Gasteiger partial charge is 0.377 e. The van der Waals surface area contributed by atoms with E-state index in [1.165, 1.54) is 6.42 Å². The van der Waals surface area contributed by atoms with Crippen LogP contribution in [0.3, 0.4) is 0 Å². The molecule has 1 saturated heterocycles. The monoisotopic (exact) mass is 366 g/mol. The fourth-order valence-corrected chi connectivity index (χ4v) is 3.72. The van der Waals surface area contributed by atoms with Crippen LogP contribution in [0.5, 0.6) is 0 Å². The Morgan fingerprint density at radius 1 is 1.33 bits per heavy atom. The van der Waals surface area contributed by atoms with E-state index in [2.05, 4.69) is 10.3 Å². The first-order chi connectivity index (χ1) is 13.2. The maximum Gasteiger partial charge on any atom is 0.254 e. The first kappa shape index (κ1) is 18.1. The molecule has 1 aromatic heterocycles. The van der Waals surface area contributed by atoms with Gasteiger partial charge < -0.3 is 15.0 Å². The van der Waals surface area contributed by atoms with Crippen LogP contribution in [0.15, 0.2) is 30.5 Å². The molecule has 1 fully saturated rings. The third kappa shape index (κ3) is 4.01. The van der Waals surface area contributed by atoms with Gasteiger partial charge in [0.2, 0.25) is 0 Å². The molecule has 27 heavy (non-hydrogen) atoms. The fourth-order valence-electron chi connectivity index (χ4n) is 3.72. The molecule has 3 heterocycles. The van der Waals surface area contributed by atoms with Crippen LogP contribution in [-0.4, -0.2) is 40.5 Å². The molecule has 0 bridgehead atoms. The van der Waals surface area contributed by atoms with Crippen LogP contribution >= 0.6 is 0 Å². The van der Waals surface area contributed by atoms with Crippen molar-refractivity contribution in [3.05, 3.63) is 58.7 Å². The molecule has 1 N–H and O–H groups in total. The van der Waals surface area contributed by atoms with E-state index >= 15 is 0 Å². The molecule has 6 heteroatoms. The van der Waals surface area contributed by atoms with Crippen molar-refractivity contribution in [1.82, 2.24) is 20.2 Å². The van der Waals surface area contributed by atoms with Gasteiger partial charge in [0.25, 0.3) is 5.91 Å². The highest BCUT2D eigenvalue weighted by molar-refractivity contribution is 5.94. The van der Waals surface area contributed by atoms with Crippen LogP contribution in [0.2, 0.25) is 0 Å². The zero-order valence-electron chi connectivity index (χ0n) is 15.8. The Hall–Kier alpha value is -2.31. The molecule has 142 valence electrons. The van der Waals surface area contributed by atoms with Crippen LogP contribution in [0, 0.1) is 0 Å². The second-order valence-electron chi connectivity index (χ2n) is 7.16. The Balaban J connectivity index is 1.43. The van der Waals surface area contributed by atoms with Gasteiger partial charge in [-0.2, -0.15) is 0 Å². The lowest BCUT2D eigenvalue weighted by molar-refractivity contribution is 0.0733. The molecular weight excluding hydrogens is 340 g/mol. The smallest absolute Gasteiger partial charge is 0.254 e. The minimum atomic E-state index is 0.0603. The van der Waals surface area contributed by atoms with Crippen LogP contribution < -0.4 is 5.32 Å². The molecule has 0 spiro atoms. The van der Waals surface area contributed by atoms with Gasteiger partial charge in [0, 0.05) is 43.4 Å². The van der Waals surface area contributed by atoms with Gasteiger partial charge in [-0.1, -0.05) is 12.1 Å². The summed E-state index contributed by atoms with van der Waals surface area (Å²) in [7, 11) is 0. The number of aromatic nitrogens is 2. The molecule has 2 aliphatic heterocycles. The Morgan fingerprint density at radius 3 is 2.93 bits per heavy atom. The lowest BCUT2D eigenvalue weighted by atomic mass is 10.0. The topological polar surface area (TPSA) is 67.3 Å². The van der Waals surface area contributed by atoms with Crippen molar-refractivity contribution in [2.24, 2.45) is 0 Å². The molecule has 0 unspecified atom stereocenters. The zero-order valence-corrected chi connectivity index (χ0v) is 15.8. The van der Waals surface area contributed by atoms with E-state index in [-0.39, 0.29) is 11.9 Å². The van der Waals surface area contributed by atoms with Crippen molar-refractivity contribution in [3.8, 4) is 0 Å². The SMILES string of the molecule is CCOCc1ccc(C(=O)N2CCc3nc([C@@H]4CCCN4)ncc3C2)cc1. The summed E-state index contributed by atoms with van der Waals surface area (Å²) in [6.07, 6.45) is 4.97. The van der Waals surface area contributed by atoms with Gasteiger partial charge in [-0.25, -0.2) is 9.97 Å². The normalized spacial score (nSPS) is 19.1. The standard InChI is InChI=1S/C21H26N4O2/c1-2-27-14-15-5-7-16(8-6-15)21(26)25-11-9-18-17(13-25)12-23-20(24-18)19-4-3-10-22-19/h5-8,12,19,22H,2-4,9-11,13-14H2,1H3/t19-/m0/s1. The molecule has 4 rings (SSSR count). The Kier molecular flexibility index (Phi) is 5.45. The van der Waals surface area contributed by atoms with Gasteiger partial charge in [-0.3, -0.25) is 4.79 Å². The van der Waals surface area contributed by atoms with E-state index < -0.39 is 0 Å². The average Bonchev–Trinajstić information content (AvgIpc) is 3.26. The molecule has 6 nitrogen and oxygen atoms in total. The summed E-state index contributed by atoms with van der Waals surface area (Å²) in [6.45, 7) is 5.56. The number of carbonyl (C=O) groups excluding carboxylic acids is 1. The van der Waals surface area contributed by atoms with Crippen molar-refractivity contribution < 1.29 is 9.53 Å². The zero-order chi connectivity index (χ0) is 18.6. The maximum absolute atomic E-state index is 12.9. The van der Waals surface area contributed by atoms with E-state index in [4.69, 9.17) is 9.72 Å². The summed E-state index contributed by atoms with van der Waals surface area (Å²) in [5.41, 5.74) is 3.94. The van der Waals surface area contributed by atoms with Crippen molar-refractivity contribution in [3.63, 3.8) is 0 Å². The van der Waals surface area contributed by atoms with Crippen LogP contribution in [-0.2, 0) is 24.3 Å². The lowest BCUT2D eigenvalue weighted by Crippen LogP contribution is -2.36. The third-order valence-electron chi connectivity index (χ3n) is 5.29. The van der Waals surface area contributed by atoms with Crippen LogP contribution in [0.1, 0.15) is 58.8 Å². The van der Waals surface area contributed by atoms with Gasteiger partial charge in [0.05, 0.1) is 18.3 Å². The van der Waals surface area contributed by atoms with Crippen LogP contribution in [0.4, 0.5) is 0 Å². The van der Waals surface area contributed by atoms with E-state index in [9.17, 15) is 4.79 Å². The molecular formula is C21H26N4O2. The quantitative estimate of drug-likeness (QED) is 0.881. The van der Waals surface area contributed by atoms with Crippen molar-refractivity contribution in [2.45, 2.75) is 45.4 Å². The number of carbonyl (C=O) groups is 1. The number of rotatable bonds is 5. The van der Waals surface area contributed by atoms with Gasteiger partial charge >= 0.3 is 0 Å². The predicted molar refractivity (Wildman–Crippen MR) is 102 cm³/mol. The highest BCUT2D eigenvalue weighted by Crippen LogP contribution is 2.24. The summed E-state index contributed by atoms with van der Waals surface area (Å²) in [5, 5.41) is 3.45. The Bertz CT molecular complexity index is 800. The summed E-state index contributed by atoms with van der Waals surface area (Å²) in [4.78, 5) is 24.1. The molecule has 1 aromatic carbocycles. The maximum atomic E-state index is 12.9. The fraction of sp³-hybridized carbons (Fsp3) is 0.476.